The van der Waals surface area contributed by atoms with E-state index in [0.29, 0.717) is 19.6 Å². The second kappa shape index (κ2) is 11.3. The van der Waals surface area contributed by atoms with Crippen LogP contribution in [0.3, 0.4) is 0 Å². The number of hydrogen-bond acceptors (Lipinski definition) is 5. The van der Waals surface area contributed by atoms with Gasteiger partial charge in [0, 0.05) is 45.3 Å². The average molecular weight is 468 g/mol. The van der Waals surface area contributed by atoms with Crippen LogP contribution in [-0.2, 0) is 27.5 Å². The quantitative estimate of drug-likeness (QED) is 0.629. The number of aliphatic carboxylic acids is 1. The Bertz CT molecular complexity index is 920. The number of amides is 1. The minimum absolute atomic E-state index is 0.227. The van der Waals surface area contributed by atoms with Gasteiger partial charge in [0.05, 0.1) is 24.9 Å². The summed E-state index contributed by atoms with van der Waals surface area (Å²) in [5.74, 6) is -2.48. The number of rotatable bonds is 7. The Morgan fingerprint density at radius 1 is 1.21 bits per heavy atom. The van der Waals surface area contributed by atoms with E-state index >= 15 is 0 Å². The van der Waals surface area contributed by atoms with E-state index in [1.165, 1.54) is 11.3 Å². The number of carbonyl (C=O) groups is 2. The van der Waals surface area contributed by atoms with Gasteiger partial charge in [-0.2, -0.15) is 18.3 Å². The van der Waals surface area contributed by atoms with Crippen LogP contribution in [0.5, 0.6) is 0 Å². The van der Waals surface area contributed by atoms with Crippen molar-refractivity contribution < 1.29 is 32.6 Å². The summed E-state index contributed by atoms with van der Waals surface area (Å²) in [6.45, 7) is 5.69. The lowest BCUT2D eigenvalue weighted by Gasteiger charge is -2.35. The van der Waals surface area contributed by atoms with Gasteiger partial charge in [-0.05, 0) is 18.1 Å². The van der Waals surface area contributed by atoms with E-state index in [9.17, 15) is 18.0 Å². The molecule has 33 heavy (non-hydrogen) atoms. The van der Waals surface area contributed by atoms with E-state index in [2.05, 4.69) is 32.9 Å². The summed E-state index contributed by atoms with van der Waals surface area (Å²) >= 11 is 0. The summed E-state index contributed by atoms with van der Waals surface area (Å²) < 4.78 is 39.7. The summed E-state index contributed by atoms with van der Waals surface area (Å²) in [6, 6.07) is 12.6. The van der Waals surface area contributed by atoms with Crippen LogP contribution in [0.2, 0.25) is 0 Å². The van der Waals surface area contributed by atoms with Gasteiger partial charge in [0.25, 0.3) is 0 Å². The Kier molecular flexibility index (Phi) is 8.45. The molecule has 1 aromatic carbocycles. The molecule has 2 aliphatic heterocycles. The zero-order chi connectivity index (χ0) is 23.8. The standard InChI is InChI=1S/C20H26N4O2.C2HF3O2/c25-20-7-4-10-23(20)15-19-14-22(13-18-8-9-21-24(18)19)11-12-26-16-17-5-2-1-3-6-17;3-2(4,5)1(6)7/h1-3,5-6,8-9,19H,4,7,10-16H2;(H,6,7). The van der Waals surface area contributed by atoms with Crippen molar-refractivity contribution >= 4 is 11.9 Å². The average Bonchev–Trinajstić information content (AvgIpc) is 3.41. The molecule has 0 radical (unpaired) electrons. The molecular formula is C22H27F3N4O4. The first kappa shape index (κ1) is 24.7. The fraction of sp³-hybridized carbons (Fsp3) is 0.500. The van der Waals surface area contributed by atoms with Gasteiger partial charge in [-0.1, -0.05) is 30.3 Å². The van der Waals surface area contributed by atoms with Crippen molar-refractivity contribution in [2.24, 2.45) is 0 Å². The first-order valence-electron chi connectivity index (χ1n) is 10.7. The minimum atomic E-state index is -5.08. The van der Waals surface area contributed by atoms with Gasteiger partial charge in [-0.3, -0.25) is 14.4 Å². The number of ether oxygens (including phenoxy) is 1. The summed E-state index contributed by atoms with van der Waals surface area (Å²) in [6.07, 6.45) is -1.55. The Morgan fingerprint density at radius 3 is 2.58 bits per heavy atom. The number of nitrogens with zero attached hydrogens (tertiary/aromatic N) is 4. The van der Waals surface area contributed by atoms with E-state index in [1.54, 1.807) is 0 Å². The SMILES string of the molecule is O=C(O)C(F)(F)F.O=C1CCCN1CC1CN(CCOCc2ccccc2)Cc2ccnn21. The van der Waals surface area contributed by atoms with Crippen LogP contribution >= 0.6 is 0 Å². The number of likely N-dealkylation sites (tertiary alicyclic amines) is 1. The highest BCUT2D eigenvalue weighted by Crippen LogP contribution is 2.23. The topological polar surface area (TPSA) is 87.9 Å². The molecule has 1 aromatic heterocycles. The molecule has 180 valence electrons. The third-order valence-electron chi connectivity index (χ3n) is 5.46. The van der Waals surface area contributed by atoms with Crippen molar-refractivity contribution in [1.29, 1.82) is 0 Å². The molecule has 2 aliphatic rings. The largest absolute Gasteiger partial charge is 0.490 e. The molecule has 0 bridgehead atoms. The molecule has 1 amide bonds. The van der Waals surface area contributed by atoms with Crippen LogP contribution in [0.15, 0.2) is 42.6 Å². The molecule has 1 saturated heterocycles. The zero-order valence-corrected chi connectivity index (χ0v) is 18.1. The number of carbonyl (C=O) groups excluding carboxylic acids is 1. The summed E-state index contributed by atoms with van der Waals surface area (Å²) in [5.41, 5.74) is 2.42. The second-order valence-corrected chi connectivity index (χ2v) is 7.94. The van der Waals surface area contributed by atoms with Gasteiger partial charge in [0.1, 0.15) is 0 Å². The van der Waals surface area contributed by atoms with Crippen molar-refractivity contribution in [2.75, 3.05) is 32.8 Å². The number of alkyl halides is 3. The molecule has 4 rings (SSSR count). The smallest absolute Gasteiger partial charge is 0.475 e. The molecule has 1 atom stereocenters. The highest BCUT2D eigenvalue weighted by molar-refractivity contribution is 5.78. The molecule has 11 heteroatoms. The van der Waals surface area contributed by atoms with Gasteiger partial charge in [-0.25, -0.2) is 4.79 Å². The number of halogens is 3. The molecular weight excluding hydrogens is 441 g/mol. The van der Waals surface area contributed by atoms with Crippen molar-refractivity contribution in [1.82, 2.24) is 19.6 Å². The molecule has 0 spiro atoms. The third-order valence-corrected chi connectivity index (χ3v) is 5.46. The maximum atomic E-state index is 12.0. The molecule has 8 nitrogen and oxygen atoms in total. The van der Waals surface area contributed by atoms with Gasteiger partial charge in [0.2, 0.25) is 5.91 Å². The van der Waals surface area contributed by atoms with Crippen LogP contribution in [0.25, 0.3) is 0 Å². The van der Waals surface area contributed by atoms with Crippen LogP contribution in [0, 0.1) is 0 Å². The predicted octanol–water partition coefficient (Wildman–Crippen LogP) is 2.71. The van der Waals surface area contributed by atoms with Gasteiger partial charge in [0.15, 0.2) is 0 Å². The number of carboxylic acid groups (broad SMARTS) is 1. The number of carboxylic acids is 1. The Morgan fingerprint density at radius 2 is 1.94 bits per heavy atom. The lowest BCUT2D eigenvalue weighted by Crippen LogP contribution is -2.44. The summed E-state index contributed by atoms with van der Waals surface area (Å²) in [4.78, 5) is 25.3. The Balaban J connectivity index is 0.000000383. The van der Waals surface area contributed by atoms with Crippen LogP contribution in [-0.4, -0.2) is 75.5 Å². The molecule has 1 fully saturated rings. The lowest BCUT2D eigenvalue weighted by molar-refractivity contribution is -0.192. The molecule has 1 unspecified atom stereocenters. The van der Waals surface area contributed by atoms with E-state index in [-0.39, 0.29) is 11.9 Å². The predicted molar refractivity (Wildman–Crippen MR) is 112 cm³/mol. The second-order valence-electron chi connectivity index (χ2n) is 7.94. The van der Waals surface area contributed by atoms with Crippen LogP contribution in [0.4, 0.5) is 13.2 Å². The summed E-state index contributed by atoms with van der Waals surface area (Å²) in [7, 11) is 0. The highest BCUT2D eigenvalue weighted by atomic mass is 19.4. The first-order valence-corrected chi connectivity index (χ1v) is 10.7. The molecule has 1 N–H and O–H groups in total. The van der Waals surface area contributed by atoms with E-state index in [0.717, 1.165) is 39.1 Å². The van der Waals surface area contributed by atoms with Gasteiger partial charge >= 0.3 is 12.1 Å². The van der Waals surface area contributed by atoms with Gasteiger partial charge < -0.3 is 14.7 Å². The lowest BCUT2D eigenvalue weighted by atomic mass is 10.1. The maximum absolute atomic E-state index is 12.0. The normalized spacial score (nSPS) is 18.6. The van der Waals surface area contributed by atoms with Gasteiger partial charge in [-0.15, -0.1) is 0 Å². The number of aromatic nitrogens is 2. The monoisotopic (exact) mass is 468 g/mol. The third kappa shape index (κ3) is 7.29. The zero-order valence-electron chi connectivity index (χ0n) is 18.1. The van der Waals surface area contributed by atoms with E-state index in [4.69, 9.17) is 14.6 Å². The summed E-state index contributed by atoms with van der Waals surface area (Å²) in [5, 5.41) is 11.6. The van der Waals surface area contributed by atoms with Crippen molar-refractivity contribution in [3.63, 3.8) is 0 Å². The van der Waals surface area contributed by atoms with Crippen molar-refractivity contribution in [3.8, 4) is 0 Å². The van der Waals surface area contributed by atoms with Crippen molar-refractivity contribution in [3.05, 3.63) is 53.9 Å². The minimum Gasteiger partial charge on any atom is -0.475 e. The molecule has 0 saturated carbocycles. The number of fused-ring (bicyclic) bond motifs is 1. The maximum Gasteiger partial charge on any atom is 0.490 e. The van der Waals surface area contributed by atoms with E-state index < -0.39 is 12.1 Å². The highest BCUT2D eigenvalue weighted by Gasteiger charge is 2.38. The molecule has 2 aromatic rings. The fourth-order valence-electron chi connectivity index (χ4n) is 3.88. The molecule has 3 heterocycles. The Labute approximate surface area is 189 Å². The molecule has 0 aliphatic carbocycles. The van der Waals surface area contributed by atoms with Crippen LogP contribution in [0.1, 0.15) is 30.1 Å². The fourth-order valence-corrected chi connectivity index (χ4v) is 3.88. The van der Waals surface area contributed by atoms with E-state index in [1.807, 2.05) is 29.3 Å². The van der Waals surface area contributed by atoms with Crippen molar-refractivity contribution in [2.45, 2.75) is 38.2 Å². The number of hydrogen-bond donors (Lipinski definition) is 1. The van der Waals surface area contributed by atoms with Crippen LogP contribution < -0.4 is 0 Å². The Hall–Kier alpha value is -2.92. The first-order chi connectivity index (χ1) is 15.7. The number of benzene rings is 1.